The number of para-hydroxylation sites is 1. The van der Waals surface area contributed by atoms with Gasteiger partial charge in [0.05, 0.1) is 22.2 Å². The number of carbonyl (C=O) groups excluding carboxylic acids is 1. The lowest BCUT2D eigenvalue weighted by molar-refractivity contribution is -0.385. The Balaban J connectivity index is 1.75. The molecule has 0 spiro atoms. The number of amides is 1. The highest BCUT2D eigenvalue weighted by Crippen LogP contribution is 2.38. The number of nitro benzene ring substituents is 1. The van der Waals surface area contributed by atoms with E-state index in [-0.39, 0.29) is 18.0 Å². The Hall–Kier alpha value is -3.55. The fourth-order valence-corrected chi connectivity index (χ4v) is 2.32. The Morgan fingerprint density at radius 1 is 1.24 bits per heavy atom. The van der Waals surface area contributed by atoms with Gasteiger partial charge in [-0.1, -0.05) is 18.2 Å². The van der Waals surface area contributed by atoms with Gasteiger partial charge in [0, 0.05) is 13.1 Å². The van der Waals surface area contributed by atoms with Crippen molar-refractivity contribution in [1.82, 2.24) is 5.43 Å². The largest absolute Gasteiger partial charge is 0.454 e. The Morgan fingerprint density at radius 3 is 2.60 bits per heavy atom. The number of carbonyl (C=O) groups is 1. The van der Waals surface area contributed by atoms with Gasteiger partial charge in [-0.05, 0) is 24.3 Å². The molecule has 0 aromatic heterocycles. The van der Waals surface area contributed by atoms with E-state index in [1.165, 1.54) is 24.3 Å². The quantitative estimate of drug-likeness (QED) is 0.510. The molecule has 1 heterocycles. The Morgan fingerprint density at radius 2 is 1.92 bits per heavy atom. The molecule has 128 valence electrons. The summed E-state index contributed by atoms with van der Waals surface area (Å²) in [5.41, 5.74) is 3.55. The van der Waals surface area contributed by atoms with Gasteiger partial charge in [0.1, 0.15) is 0 Å². The van der Waals surface area contributed by atoms with Gasteiger partial charge in [-0.25, -0.2) is 0 Å². The predicted molar refractivity (Wildman–Crippen MR) is 91.2 cm³/mol. The monoisotopic (exact) mass is 341 g/mol. The number of benzene rings is 2. The van der Waals surface area contributed by atoms with E-state index in [0.717, 1.165) is 5.69 Å². The Labute approximate surface area is 143 Å². The second-order valence-corrected chi connectivity index (χ2v) is 5.23. The van der Waals surface area contributed by atoms with Crippen molar-refractivity contribution in [2.75, 3.05) is 18.8 Å². The number of anilines is 1. The first kappa shape index (κ1) is 16.3. The van der Waals surface area contributed by atoms with Gasteiger partial charge in [-0.15, -0.1) is 0 Å². The minimum Gasteiger partial charge on any atom is -0.454 e. The highest BCUT2D eigenvalue weighted by atomic mass is 16.7. The normalized spacial score (nSPS) is 12.2. The van der Waals surface area contributed by atoms with Crippen LogP contribution in [-0.2, 0) is 4.79 Å². The molecule has 0 fully saturated rings. The van der Waals surface area contributed by atoms with Gasteiger partial charge in [-0.3, -0.25) is 25.3 Å². The van der Waals surface area contributed by atoms with E-state index < -0.39 is 10.8 Å². The molecular weight excluding hydrogens is 326 g/mol. The minimum absolute atomic E-state index is 0.0159. The van der Waals surface area contributed by atoms with Crippen LogP contribution in [0.5, 0.6) is 11.5 Å². The van der Waals surface area contributed by atoms with Crippen LogP contribution in [0.3, 0.4) is 0 Å². The summed E-state index contributed by atoms with van der Waals surface area (Å²) in [5.74, 6) is 0.308. The first-order chi connectivity index (χ1) is 12.0. The number of nitrogens with zero attached hydrogens (tertiary/aromatic N) is 2. The standard InChI is InChI=1S/C17H15N3O5/c1-19(13-5-3-2-4-6-13)18-17(21)8-7-12-9-15-16(25-11-24-15)10-14(12)20(22)23/h2-10H,11H2,1H3,(H,18,21)/b8-7+. The van der Waals surface area contributed by atoms with E-state index in [1.807, 2.05) is 30.3 Å². The van der Waals surface area contributed by atoms with Crippen molar-refractivity contribution in [1.29, 1.82) is 0 Å². The molecule has 0 saturated heterocycles. The number of hydrogen-bond donors (Lipinski definition) is 1. The molecular formula is C17H15N3O5. The van der Waals surface area contributed by atoms with Gasteiger partial charge in [0.2, 0.25) is 6.79 Å². The van der Waals surface area contributed by atoms with E-state index in [2.05, 4.69) is 5.43 Å². The fraction of sp³-hybridized carbons (Fsp3) is 0.118. The van der Waals surface area contributed by atoms with E-state index in [0.29, 0.717) is 11.5 Å². The lowest BCUT2D eigenvalue weighted by atomic mass is 10.1. The summed E-state index contributed by atoms with van der Waals surface area (Å²) in [4.78, 5) is 22.7. The summed E-state index contributed by atoms with van der Waals surface area (Å²) in [7, 11) is 1.70. The average Bonchev–Trinajstić information content (AvgIpc) is 3.07. The molecule has 1 aliphatic rings. The fourth-order valence-electron chi connectivity index (χ4n) is 2.32. The van der Waals surface area contributed by atoms with Crippen molar-refractivity contribution in [2.45, 2.75) is 0 Å². The average molecular weight is 341 g/mol. The minimum atomic E-state index is -0.532. The third-order valence-corrected chi connectivity index (χ3v) is 3.55. The molecule has 0 bridgehead atoms. The molecule has 2 aromatic carbocycles. The number of rotatable bonds is 5. The maximum atomic E-state index is 12.0. The summed E-state index contributed by atoms with van der Waals surface area (Å²) < 4.78 is 10.4. The first-order valence-corrected chi connectivity index (χ1v) is 7.40. The molecule has 2 aromatic rings. The molecule has 3 rings (SSSR count). The van der Waals surface area contributed by atoms with Crippen molar-refractivity contribution >= 4 is 23.4 Å². The number of nitro groups is 1. The van der Waals surface area contributed by atoms with Crippen LogP contribution in [0.2, 0.25) is 0 Å². The van der Waals surface area contributed by atoms with Crippen LogP contribution in [0.4, 0.5) is 11.4 Å². The summed E-state index contributed by atoms with van der Waals surface area (Å²) in [6.45, 7) is 0.0159. The zero-order valence-electron chi connectivity index (χ0n) is 13.3. The lowest BCUT2D eigenvalue weighted by Gasteiger charge is -2.19. The summed E-state index contributed by atoms with van der Waals surface area (Å²) in [5, 5.41) is 12.8. The molecule has 1 aliphatic heterocycles. The molecule has 0 saturated carbocycles. The smallest absolute Gasteiger partial charge is 0.280 e. The van der Waals surface area contributed by atoms with Crippen molar-refractivity contribution in [3.63, 3.8) is 0 Å². The molecule has 8 nitrogen and oxygen atoms in total. The van der Waals surface area contributed by atoms with Crippen LogP contribution in [-0.4, -0.2) is 24.7 Å². The van der Waals surface area contributed by atoms with Crippen LogP contribution in [0.15, 0.2) is 48.5 Å². The van der Waals surface area contributed by atoms with Crippen LogP contribution in [0.25, 0.3) is 6.08 Å². The van der Waals surface area contributed by atoms with Crippen LogP contribution in [0.1, 0.15) is 5.56 Å². The second-order valence-electron chi connectivity index (χ2n) is 5.23. The molecule has 1 amide bonds. The van der Waals surface area contributed by atoms with Gasteiger partial charge in [0.15, 0.2) is 11.5 Å². The van der Waals surface area contributed by atoms with E-state index in [1.54, 1.807) is 12.1 Å². The molecule has 25 heavy (non-hydrogen) atoms. The van der Waals surface area contributed by atoms with Crippen molar-refractivity contribution in [2.24, 2.45) is 0 Å². The second kappa shape index (κ2) is 6.91. The van der Waals surface area contributed by atoms with Crippen molar-refractivity contribution in [3.05, 3.63) is 64.2 Å². The maximum absolute atomic E-state index is 12.0. The van der Waals surface area contributed by atoms with Crippen LogP contribution >= 0.6 is 0 Å². The number of nitrogens with one attached hydrogen (secondary N) is 1. The molecule has 0 unspecified atom stereocenters. The highest BCUT2D eigenvalue weighted by Gasteiger charge is 2.22. The molecule has 8 heteroatoms. The molecule has 0 aliphatic carbocycles. The van der Waals surface area contributed by atoms with Gasteiger partial charge >= 0.3 is 0 Å². The molecule has 0 atom stereocenters. The van der Waals surface area contributed by atoms with E-state index >= 15 is 0 Å². The number of hydrogen-bond acceptors (Lipinski definition) is 6. The van der Waals surface area contributed by atoms with Crippen LogP contribution < -0.4 is 19.9 Å². The maximum Gasteiger partial charge on any atom is 0.280 e. The van der Waals surface area contributed by atoms with Crippen LogP contribution in [0, 0.1) is 10.1 Å². The predicted octanol–water partition coefficient (Wildman–Crippen LogP) is 2.50. The zero-order valence-corrected chi connectivity index (χ0v) is 13.3. The summed E-state index contributed by atoms with van der Waals surface area (Å²) in [6.07, 6.45) is 2.60. The number of ether oxygens (including phenoxy) is 2. The molecule has 1 N–H and O–H groups in total. The SMILES string of the molecule is CN(NC(=O)/C=C/c1cc2c(cc1[N+](=O)[O-])OCO2)c1ccccc1. The third kappa shape index (κ3) is 3.69. The first-order valence-electron chi connectivity index (χ1n) is 7.40. The lowest BCUT2D eigenvalue weighted by Crippen LogP contribution is -2.38. The number of hydrazine groups is 1. The van der Waals surface area contributed by atoms with Gasteiger partial charge in [0.25, 0.3) is 11.6 Å². The zero-order chi connectivity index (χ0) is 17.8. The van der Waals surface area contributed by atoms with Gasteiger partial charge < -0.3 is 9.47 Å². The van der Waals surface area contributed by atoms with Gasteiger partial charge in [-0.2, -0.15) is 0 Å². The number of fused-ring (bicyclic) bond motifs is 1. The summed E-state index contributed by atoms with van der Waals surface area (Å²) >= 11 is 0. The Kier molecular flexibility index (Phi) is 4.51. The highest BCUT2D eigenvalue weighted by molar-refractivity contribution is 5.93. The van der Waals surface area contributed by atoms with E-state index in [9.17, 15) is 14.9 Å². The Bertz CT molecular complexity index is 836. The summed E-state index contributed by atoms with van der Waals surface area (Å²) in [6, 6.07) is 12.0. The van der Waals surface area contributed by atoms with Crippen molar-refractivity contribution < 1.29 is 19.2 Å². The third-order valence-electron chi connectivity index (χ3n) is 3.55. The van der Waals surface area contributed by atoms with Crippen molar-refractivity contribution in [3.8, 4) is 11.5 Å². The topological polar surface area (TPSA) is 93.9 Å². The van der Waals surface area contributed by atoms with E-state index in [4.69, 9.17) is 9.47 Å². The molecule has 0 radical (unpaired) electrons.